The molecule has 2 rings (SSSR count). The first-order valence-corrected chi connectivity index (χ1v) is 5.18. The fourth-order valence-electron chi connectivity index (χ4n) is 1.59. The molecule has 0 spiro atoms. The van der Waals surface area contributed by atoms with Crippen molar-refractivity contribution in [3.8, 4) is 0 Å². The number of aliphatic carboxylic acids is 1. The first-order valence-electron chi connectivity index (χ1n) is 4.13. The number of amides is 1. The number of nitrogens with zero attached hydrogens (tertiary/aromatic N) is 1. The normalized spacial score (nSPS) is 24.2. The molecule has 2 aliphatic heterocycles. The molecule has 0 aromatic heterocycles. The van der Waals surface area contributed by atoms with Crippen LogP contribution in [0.1, 0.15) is 6.42 Å². The zero-order valence-electron chi connectivity index (χ0n) is 8.23. The molecule has 0 unspecified atom stereocenters. The molecule has 1 N–H and O–H groups in total. The number of β-lactam (4-membered cyclic amide) rings is 1. The van der Waals surface area contributed by atoms with E-state index in [4.69, 9.17) is 5.11 Å². The first-order chi connectivity index (χ1) is 6.65. The van der Waals surface area contributed by atoms with E-state index in [9.17, 15) is 14.7 Å². The smallest absolute Gasteiger partial charge is 0.543 e. The van der Waals surface area contributed by atoms with Gasteiger partial charge in [0, 0.05) is 5.75 Å². The van der Waals surface area contributed by atoms with E-state index in [2.05, 4.69) is 0 Å². The minimum atomic E-state index is -1.38. The maximum Gasteiger partial charge on any atom is 1.00 e. The number of aliphatic hydroxyl groups is 1. The van der Waals surface area contributed by atoms with Crippen LogP contribution < -0.4 is 56.5 Å². The third kappa shape index (κ3) is 2.33. The van der Waals surface area contributed by atoms with Crippen molar-refractivity contribution in [3.63, 3.8) is 0 Å². The van der Waals surface area contributed by atoms with Gasteiger partial charge in [0.2, 0.25) is 5.91 Å². The van der Waals surface area contributed by atoms with Crippen LogP contribution in [0.5, 0.6) is 0 Å². The number of fused-ring (bicyclic) bond motifs is 1. The van der Waals surface area contributed by atoms with Gasteiger partial charge in [-0.3, -0.25) is 9.69 Å². The molecule has 0 radical (unpaired) electrons. The van der Waals surface area contributed by atoms with Gasteiger partial charge in [0.25, 0.3) is 0 Å². The van der Waals surface area contributed by atoms with Crippen molar-refractivity contribution in [1.82, 2.24) is 4.90 Å². The Hall–Kier alpha value is 0.626. The maximum atomic E-state index is 11.1. The minimum absolute atomic E-state index is 0. The first kappa shape index (κ1) is 13.7. The molecule has 1 amide bonds. The molecule has 0 aromatic carbocycles. The molecule has 5 nitrogen and oxygen atoms in total. The van der Waals surface area contributed by atoms with Crippen LogP contribution in [0.25, 0.3) is 0 Å². The molecule has 7 heteroatoms. The van der Waals surface area contributed by atoms with E-state index in [0.29, 0.717) is 17.7 Å². The summed E-state index contributed by atoms with van der Waals surface area (Å²) in [5, 5.41) is 19.6. The molecule has 0 aliphatic carbocycles. The van der Waals surface area contributed by atoms with Gasteiger partial charge in [-0.15, -0.1) is 11.8 Å². The number of thioether (sulfide) groups is 1. The van der Waals surface area contributed by atoms with E-state index in [0.717, 1.165) is 0 Å². The second-order valence-corrected chi connectivity index (χ2v) is 4.30. The third-order valence-corrected chi connectivity index (χ3v) is 3.59. The van der Waals surface area contributed by atoms with Crippen molar-refractivity contribution >= 4 is 23.6 Å². The van der Waals surface area contributed by atoms with Crippen LogP contribution in [0.15, 0.2) is 11.3 Å². The van der Waals surface area contributed by atoms with Crippen LogP contribution in [-0.2, 0) is 9.59 Å². The van der Waals surface area contributed by atoms with Gasteiger partial charge in [-0.05, 0) is 5.57 Å². The number of carboxylic acid groups (broad SMARTS) is 1. The molecule has 2 heterocycles. The van der Waals surface area contributed by atoms with Crippen molar-refractivity contribution in [3.05, 3.63) is 11.3 Å². The number of rotatable bonds is 2. The number of hydrogen-bond acceptors (Lipinski definition) is 5. The van der Waals surface area contributed by atoms with Crippen LogP contribution in [0.2, 0.25) is 0 Å². The molecule has 0 aromatic rings. The predicted molar refractivity (Wildman–Crippen MR) is 46.8 cm³/mol. The number of aliphatic hydroxyl groups excluding tert-OH is 1. The van der Waals surface area contributed by atoms with Gasteiger partial charge in [0.1, 0.15) is 0 Å². The predicted octanol–water partition coefficient (Wildman–Crippen LogP) is -4.71. The fraction of sp³-hybridized carbons (Fsp3) is 0.500. The van der Waals surface area contributed by atoms with Crippen LogP contribution in [0, 0.1) is 0 Å². The van der Waals surface area contributed by atoms with Gasteiger partial charge >= 0.3 is 51.4 Å². The average molecular weight is 253 g/mol. The zero-order valence-corrected chi connectivity index (χ0v) is 12.2. The van der Waals surface area contributed by atoms with Crippen LogP contribution in [0.3, 0.4) is 0 Å². The largest absolute Gasteiger partial charge is 1.00 e. The summed E-state index contributed by atoms with van der Waals surface area (Å²) in [6, 6.07) is 0. The number of carbonyl (C=O) groups is 2. The topological polar surface area (TPSA) is 80.7 Å². The minimum Gasteiger partial charge on any atom is -0.543 e. The van der Waals surface area contributed by atoms with Crippen LogP contribution in [-0.4, -0.2) is 39.6 Å². The second kappa shape index (κ2) is 5.30. The summed E-state index contributed by atoms with van der Waals surface area (Å²) in [7, 11) is 0. The Morgan fingerprint density at radius 3 is 2.80 bits per heavy atom. The van der Waals surface area contributed by atoms with E-state index in [-0.39, 0.29) is 75.0 Å². The molecule has 15 heavy (non-hydrogen) atoms. The van der Waals surface area contributed by atoms with E-state index < -0.39 is 5.97 Å². The van der Waals surface area contributed by atoms with Crippen molar-refractivity contribution in [2.24, 2.45) is 0 Å². The van der Waals surface area contributed by atoms with Gasteiger partial charge in [-0.2, -0.15) is 0 Å². The van der Waals surface area contributed by atoms with E-state index in [1.807, 2.05) is 0 Å². The summed E-state index contributed by atoms with van der Waals surface area (Å²) in [5.41, 5.74) is 0.229. The Morgan fingerprint density at radius 2 is 2.33 bits per heavy atom. The summed E-state index contributed by atoms with van der Waals surface area (Å²) < 4.78 is 0. The van der Waals surface area contributed by atoms with Gasteiger partial charge in [0.05, 0.1) is 30.1 Å². The molecule has 0 bridgehead atoms. The Labute approximate surface area is 133 Å². The SMILES string of the molecule is O=C([O-])C1=C(CO)CS[C@@H]2CC(=O)N12.[K+]. The summed E-state index contributed by atoms with van der Waals surface area (Å²) in [4.78, 5) is 23.1. The molecule has 1 fully saturated rings. The van der Waals surface area contributed by atoms with Crippen molar-refractivity contribution in [2.45, 2.75) is 11.8 Å². The monoisotopic (exact) mass is 253 g/mol. The van der Waals surface area contributed by atoms with Gasteiger partial charge in [0.15, 0.2) is 0 Å². The van der Waals surface area contributed by atoms with E-state index >= 15 is 0 Å². The Balaban J connectivity index is 0.00000112. The average Bonchev–Trinajstić information content (AvgIpc) is 2.15. The summed E-state index contributed by atoms with van der Waals surface area (Å²) in [6.45, 7) is -0.340. The van der Waals surface area contributed by atoms with E-state index in [1.54, 1.807) is 0 Å². The molecule has 1 saturated heterocycles. The van der Waals surface area contributed by atoms with Crippen LogP contribution in [0.4, 0.5) is 0 Å². The number of carbonyl (C=O) groups excluding carboxylic acids is 2. The van der Waals surface area contributed by atoms with Crippen LogP contribution >= 0.6 is 11.8 Å². The van der Waals surface area contributed by atoms with Crippen molar-refractivity contribution < 1.29 is 71.2 Å². The number of carboxylic acids is 1. The fourth-order valence-corrected chi connectivity index (χ4v) is 2.84. The Kier molecular flexibility index (Phi) is 4.84. The molecule has 0 saturated carbocycles. The molecular formula is C8H8KNO4S. The van der Waals surface area contributed by atoms with Gasteiger partial charge in [-0.1, -0.05) is 0 Å². The summed E-state index contributed by atoms with van der Waals surface area (Å²) >= 11 is 1.47. The molecule has 2 aliphatic rings. The summed E-state index contributed by atoms with van der Waals surface area (Å²) in [5.74, 6) is -1.14. The maximum absolute atomic E-state index is 11.1. The number of hydrogen-bond donors (Lipinski definition) is 1. The van der Waals surface area contributed by atoms with E-state index in [1.165, 1.54) is 16.7 Å². The zero-order chi connectivity index (χ0) is 10.3. The Bertz CT molecular complexity index is 344. The molecule has 76 valence electrons. The quantitative estimate of drug-likeness (QED) is 0.395. The van der Waals surface area contributed by atoms with Gasteiger partial charge in [-0.25, -0.2) is 0 Å². The third-order valence-electron chi connectivity index (χ3n) is 2.32. The second-order valence-electron chi connectivity index (χ2n) is 3.13. The summed E-state index contributed by atoms with van der Waals surface area (Å²) in [6.07, 6.45) is 0.375. The molecular weight excluding hydrogens is 245 g/mol. The molecule has 1 atom stereocenters. The Morgan fingerprint density at radius 1 is 1.67 bits per heavy atom. The standard InChI is InChI=1S/C8H9NO4S.K/c10-2-4-3-14-6-1-5(11)9(6)7(4)8(12)13;/h6,10H,1-3H2,(H,12,13);/q;+1/p-1/t6-;/m1./s1. The van der Waals surface area contributed by atoms with Crippen molar-refractivity contribution in [2.75, 3.05) is 12.4 Å². The van der Waals surface area contributed by atoms with Crippen molar-refractivity contribution in [1.29, 1.82) is 0 Å². The van der Waals surface area contributed by atoms with Gasteiger partial charge < -0.3 is 15.0 Å².